The Morgan fingerprint density at radius 2 is 1.74 bits per heavy atom. The van der Waals surface area contributed by atoms with Crippen molar-refractivity contribution < 1.29 is 10.0 Å². The van der Waals surface area contributed by atoms with Crippen LogP contribution in [0.1, 0.15) is 65.8 Å². The number of nitrogens with zero attached hydrogens (tertiary/aromatic N) is 3. The van der Waals surface area contributed by atoms with Crippen LogP contribution in [-0.2, 0) is 11.8 Å². The van der Waals surface area contributed by atoms with E-state index in [1.165, 1.54) is 27.3 Å². The monoisotopic (exact) mass is 471 g/mol. The topological polar surface area (TPSA) is 74.9 Å². The summed E-state index contributed by atoms with van der Waals surface area (Å²) in [6, 6.07) is 20.3. The molecule has 182 valence electrons. The Kier molecular flexibility index (Phi) is 7.49. The van der Waals surface area contributed by atoms with E-state index < -0.39 is 0 Å². The number of aromatic nitrogens is 1. The van der Waals surface area contributed by atoms with E-state index in [0.717, 1.165) is 37.1 Å². The summed E-state index contributed by atoms with van der Waals surface area (Å²) >= 11 is 0. The molecule has 0 aliphatic carbocycles. The third-order valence-electron chi connectivity index (χ3n) is 7.25. The highest BCUT2D eigenvalue weighted by molar-refractivity contribution is 6.00. The Labute approximate surface area is 206 Å². The van der Waals surface area contributed by atoms with Gasteiger partial charge in [0, 0.05) is 57.2 Å². The van der Waals surface area contributed by atoms with Gasteiger partial charge in [0.05, 0.1) is 5.71 Å². The number of hydrogen-bond acceptors (Lipinski definition) is 4. The standard InChI is InChI=1S/C29H33N3O3/c1-20-6-4-5-7-26(20)27(18-28(30-35)25-12-13-29(34)31(3)19-25)24-10-8-22(9-11-24)23-14-16-32(17-15-23)21(2)33/h4-13,19,23,27,35H,14-18H2,1-3H3/b30-28+/t27-/m1/s1. The van der Waals surface area contributed by atoms with Crippen LogP contribution >= 0.6 is 0 Å². The SMILES string of the molecule is CC(=O)N1CCC(c2ccc([C@@H](C/C(=N\O)c3ccc(=O)n(C)c3)c3ccccc3C)cc2)CC1. The van der Waals surface area contributed by atoms with E-state index in [0.29, 0.717) is 18.1 Å². The molecular formula is C29H33N3O3. The molecule has 3 aromatic rings. The summed E-state index contributed by atoms with van der Waals surface area (Å²) in [5.74, 6) is 0.601. The van der Waals surface area contributed by atoms with Gasteiger partial charge in [0.25, 0.3) is 0 Å². The lowest BCUT2D eigenvalue weighted by molar-refractivity contribution is -0.129. The van der Waals surface area contributed by atoms with Gasteiger partial charge in [0.1, 0.15) is 0 Å². The van der Waals surface area contributed by atoms with Crippen LogP contribution in [0.25, 0.3) is 0 Å². The van der Waals surface area contributed by atoms with Crippen molar-refractivity contribution in [2.24, 2.45) is 12.2 Å². The van der Waals surface area contributed by atoms with Crippen LogP contribution in [0.15, 0.2) is 76.8 Å². The van der Waals surface area contributed by atoms with Crippen LogP contribution < -0.4 is 5.56 Å². The molecule has 6 nitrogen and oxygen atoms in total. The molecule has 0 saturated carbocycles. The smallest absolute Gasteiger partial charge is 0.250 e. The van der Waals surface area contributed by atoms with E-state index >= 15 is 0 Å². The molecule has 1 atom stereocenters. The Morgan fingerprint density at radius 3 is 2.34 bits per heavy atom. The van der Waals surface area contributed by atoms with Crippen molar-refractivity contribution in [2.45, 2.75) is 44.9 Å². The maximum Gasteiger partial charge on any atom is 0.250 e. The van der Waals surface area contributed by atoms with E-state index in [2.05, 4.69) is 48.5 Å². The fourth-order valence-corrected chi connectivity index (χ4v) is 5.09. The van der Waals surface area contributed by atoms with Gasteiger partial charge < -0.3 is 14.7 Å². The lowest BCUT2D eigenvalue weighted by Crippen LogP contribution is -2.36. The summed E-state index contributed by atoms with van der Waals surface area (Å²) < 4.78 is 1.50. The normalized spacial score (nSPS) is 15.7. The summed E-state index contributed by atoms with van der Waals surface area (Å²) in [5.41, 5.74) is 5.96. The highest BCUT2D eigenvalue weighted by Crippen LogP contribution is 2.34. The van der Waals surface area contributed by atoms with Crippen molar-refractivity contribution in [3.05, 3.63) is 105 Å². The minimum atomic E-state index is -0.105. The number of piperidine rings is 1. The second-order valence-corrected chi connectivity index (χ2v) is 9.47. The van der Waals surface area contributed by atoms with Crippen LogP contribution in [0.2, 0.25) is 0 Å². The molecule has 0 unspecified atom stereocenters. The number of likely N-dealkylation sites (tertiary alicyclic amines) is 1. The summed E-state index contributed by atoms with van der Waals surface area (Å²) in [6.07, 6.45) is 4.17. The number of amides is 1. The first-order chi connectivity index (χ1) is 16.9. The zero-order chi connectivity index (χ0) is 24.9. The second-order valence-electron chi connectivity index (χ2n) is 9.47. The molecule has 1 fully saturated rings. The van der Waals surface area contributed by atoms with Gasteiger partial charge in [-0.3, -0.25) is 9.59 Å². The lowest BCUT2D eigenvalue weighted by atomic mass is 9.82. The van der Waals surface area contributed by atoms with Crippen molar-refractivity contribution in [3.8, 4) is 0 Å². The predicted molar refractivity (Wildman–Crippen MR) is 138 cm³/mol. The minimum Gasteiger partial charge on any atom is -0.411 e. The molecule has 35 heavy (non-hydrogen) atoms. The van der Waals surface area contributed by atoms with E-state index in [-0.39, 0.29) is 17.4 Å². The van der Waals surface area contributed by atoms with Gasteiger partial charge in [-0.2, -0.15) is 0 Å². The minimum absolute atomic E-state index is 0.00653. The Hall–Kier alpha value is -3.67. The number of carbonyl (C=O) groups excluding carboxylic acids is 1. The van der Waals surface area contributed by atoms with Crippen LogP contribution in [0, 0.1) is 6.92 Å². The molecule has 2 heterocycles. The molecule has 1 aliphatic heterocycles. The number of hydrogen-bond donors (Lipinski definition) is 1. The summed E-state index contributed by atoms with van der Waals surface area (Å²) in [5, 5.41) is 13.5. The highest BCUT2D eigenvalue weighted by Gasteiger charge is 2.24. The van der Waals surface area contributed by atoms with Crippen molar-refractivity contribution in [1.29, 1.82) is 0 Å². The summed E-state index contributed by atoms with van der Waals surface area (Å²) in [6.45, 7) is 5.36. The molecule has 4 rings (SSSR count). The van der Waals surface area contributed by atoms with Gasteiger partial charge in [-0.15, -0.1) is 0 Å². The molecule has 1 aromatic heterocycles. The van der Waals surface area contributed by atoms with Crippen LogP contribution in [0.3, 0.4) is 0 Å². The van der Waals surface area contributed by atoms with E-state index in [1.54, 1.807) is 26.2 Å². The highest BCUT2D eigenvalue weighted by atomic mass is 16.4. The molecule has 0 bridgehead atoms. The maximum atomic E-state index is 11.8. The van der Waals surface area contributed by atoms with Gasteiger partial charge in [0.15, 0.2) is 0 Å². The third-order valence-corrected chi connectivity index (χ3v) is 7.25. The second kappa shape index (κ2) is 10.7. The quantitative estimate of drug-likeness (QED) is 0.318. The van der Waals surface area contributed by atoms with E-state index in [1.807, 2.05) is 17.0 Å². The number of carbonyl (C=O) groups is 1. The average Bonchev–Trinajstić information content (AvgIpc) is 2.87. The van der Waals surface area contributed by atoms with Crippen molar-refractivity contribution in [1.82, 2.24) is 9.47 Å². The molecule has 1 saturated heterocycles. The summed E-state index contributed by atoms with van der Waals surface area (Å²) in [7, 11) is 1.69. The zero-order valence-corrected chi connectivity index (χ0v) is 20.6. The maximum absolute atomic E-state index is 11.8. The molecular weight excluding hydrogens is 438 g/mol. The van der Waals surface area contributed by atoms with E-state index in [9.17, 15) is 14.8 Å². The van der Waals surface area contributed by atoms with Gasteiger partial charge in [-0.1, -0.05) is 53.7 Å². The predicted octanol–water partition coefficient (Wildman–Crippen LogP) is 4.82. The fourth-order valence-electron chi connectivity index (χ4n) is 5.09. The van der Waals surface area contributed by atoms with Gasteiger partial charge in [-0.25, -0.2) is 0 Å². The first-order valence-corrected chi connectivity index (χ1v) is 12.2. The zero-order valence-electron chi connectivity index (χ0n) is 20.6. The van der Waals surface area contributed by atoms with Crippen LogP contribution in [0.4, 0.5) is 0 Å². The largest absolute Gasteiger partial charge is 0.411 e. The molecule has 0 spiro atoms. The number of rotatable bonds is 6. The average molecular weight is 472 g/mol. The van der Waals surface area contributed by atoms with Crippen molar-refractivity contribution >= 4 is 11.6 Å². The molecule has 0 radical (unpaired) electrons. The van der Waals surface area contributed by atoms with Gasteiger partial charge in [0.2, 0.25) is 11.5 Å². The van der Waals surface area contributed by atoms with E-state index in [4.69, 9.17) is 0 Å². The first kappa shape index (κ1) is 24.5. The number of pyridine rings is 1. The molecule has 1 N–H and O–H groups in total. The molecule has 2 aromatic carbocycles. The summed E-state index contributed by atoms with van der Waals surface area (Å²) in [4.78, 5) is 25.4. The molecule has 6 heteroatoms. The number of oxime groups is 1. The Morgan fingerprint density at radius 1 is 1.06 bits per heavy atom. The molecule has 1 amide bonds. The Balaban J connectivity index is 1.62. The third kappa shape index (κ3) is 5.53. The first-order valence-electron chi connectivity index (χ1n) is 12.2. The lowest BCUT2D eigenvalue weighted by Gasteiger charge is -2.31. The van der Waals surface area contributed by atoms with Crippen molar-refractivity contribution in [2.75, 3.05) is 13.1 Å². The van der Waals surface area contributed by atoms with Gasteiger partial charge in [-0.05, 0) is 54.0 Å². The number of aryl methyl sites for hydroxylation is 2. The van der Waals surface area contributed by atoms with Crippen molar-refractivity contribution in [3.63, 3.8) is 0 Å². The van der Waals surface area contributed by atoms with Crippen LogP contribution in [-0.4, -0.2) is 39.4 Å². The van der Waals surface area contributed by atoms with Crippen LogP contribution in [0.5, 0.6) is 0 Å². The number of benzene rings is 2. The van der Waals surface area contributed by atoms with Gasteiger partial charge >= 0.3 is 0 Å². The molecule has 1 aliphatic rings. The Bertz CT molecular complexity index is 1270. The fraction of sp³-hybridized carbons (Fsp3) is 0.345.